The van der Waals surface area contributed by atoms with Gasteiger partial charge in [-0.15, -0.1) is 0 Å². The number of nitrogens with one attached hydrogen (secondary N) is 1. The average molecular weight is 319 g/mol. The van der Waals surface area contributed by atoms with Crippen molar-refractivity contribution in [1.29, 1.82) is 0 Å². The predicted octanol–water partition coefficient (Wildman–Crippen LogP) is 2.92. The SMILES string of the molecule is COC(=O)C1(NC(=O)OC(C)(C)C)CCc2ccc(C)cc2C1. The molecule has 0 aromatic heterocycles. The number of ether oxygens (including phenoxy) is 2. The number of benzene rings is 1. The molecule has 0 saturated carbocycles. The Balaban J connectivity index is 2.28. The van der Waals surface area contributed by atoms with E-state index in [4.69, 9.17) is 9.47 Å². The van der Waals surface area contributed by atoms with Crippen LogP contribution in [0.4, 0.5) is 4.79 Å². The lowest BCUT2D eigenvalue weighted by atomic mass is 9.77. The first-order valence-corrected chi connectivity index (χ1v) is 7.83. The van der Waals surface area contributed by atoms with E-state index in [1.54, 1.807) is 20.8 Å². The van der Waals surface area contributed by atoms with Crippen LogP contribution in [-0.4, -0.2) is 30.3 Å². The van der Waals surface area contributed by atoms with Gasteiger partial charge in [0.2, 0.25) is 0 Å². The molecule has 1 aliphatic carbocycles. The van der Waals surface area contributed by atoms with E-state index < -0.39 is 23.2 Å². The van der Waals surface area contributed by atoms with Crippen LogP contribution in [0.25, 0.3) is 0 Å². The minimum Gasteiger partial charge on any atom is -0.467 e. The highest BCUT2D eigenvalue weighted by Gasteiger charge is 2.44. The normalized spacial score (nSPS) is 20.4. The fourth-order valence-electron chi connectivity index (χ4n) is 2.95. The summed E-state index contributed by atoms with van der Waals surface area (Å²) >= 11 is 0. The molecule has 1 aliphatic rings. The standard InChI is InChI=1S/C18H25NO4/c1-12-6-7-13-8-9-18(15(20)22-5,11-14(13)10-12)19-16(21)23-17(2,3)4/h6-7,10H,8-9,11H2,1-5H3,(H,19,21). The Morgan fingerprint density at radius 1 is 1.22 bits per heavy atom. The Hall–Kier alpha value is -2.04. The van der Waals surface area contributed by atoms with Crippen molar-refractivity contribution in [3.63, 3.8) is 0 Å². The largest absolute Gasteiger partial charge is 0.467 e. The zero-order valence-corrected chi connectivity index (χ0v) is 14.5. The molecule has 0 saturated heterocycles. The number of fused-ring (bicyclic) bond motifs is 1. The second-order valence-electron chi connectivity index (χ2n) is 7.15. The summed E-state index contributed by atoms with van der Waals surface area (Å²) in [6.45, 7) is 7.38. The maximum atomic E-state index is 12.4. The number of amides is 1. The predicted molar refractivity (Wildman–Crippen MR) is 87.3 cm³/mol. The third-order valence-corrected chi connectivity index (χ3v) is 3.99. The number of aryl methyl sites for hydroxylation is 2. The van der Waals surface area contributed by atoms with E-state index in [-0.39, 0.29) is 0 Å². The zero-order valence-electron chi connectivity index (χ0n) is 14.5. The molecule has 0 heterocycles. The van der Waals surface area contributed by atoms with E-state index in [2.05, 4.69) is 23.5 Å². The summed E-state index contributed by atoms with van der Waals surface area (Å²) in [5, 5.41) is 2.76. The average Bonchev–Trinajstić information content (AvgIpc) is 2.43. The Labute approximate surface area is 137 Å². The molecule has 0 fully saturated rings. The molecule has 0 radical (unpaired) electrons. The van der Waals surface area contributed by atoms with Crippen LogP contribution in [0.5, 0.6) is 0 Å². The van der Waals surface area contributed by atoms with Crippen LogP contribution < -0.4 is 5.32 Å². The van der Waals surface area contributed by atoms with Gasteiger partial charge in [0.15, 0.2) is 0 Å². The van der Waals surface area contributed by atoms with E-state index in [1.165, 1.54) is 12.7 Å². The minimum atomic E-state index is -1.07. The van der Waals surface area contributed by atoms with E-state index in [1.807, 2.05) is 6.92 Å². The first-order valence-electron chi connectivity index (χ1n) is 7.83. The Morgan fingerprint density at radius 2 is 1.91 bits per heavy atom. The molecule has 1 amide bonds. The molecule has 1 unspecified atom stereocenters. The number of hydrogen-bond donors (Lipinski definition) is 1. The van der Waals surface area contributed by atoms with Gasteiger partial charge in [0.25, 0.3) is 0 Å². The Morgan fingerprint density at radius 3 is 2.52 bits per heavy atom. The van der Waals surface area contributed by atoms with Crippen LogP contribution in [-0.2, 0) is 27.1 Å². The van der Waals surface area contributed by atoms with Gasteiger partial charge < -0.3 is 14.8 Å². The second-order valence-corrected chi connectivity index (χ2v) is 7.15. The van der Waals surface area contributed by atoms with Crippen LogP contribution in [0.2, 0.25) is 0 Å². The number of carbonyl (C=O) groups excluding carboxylic acids is 2. The van der Waals surface area contributed by atoms with Crippen LogP contribution in [0.15, 0.2) is 18.2 Å². The van der Waals surface area contributed by atoms with Crippen molar-refractivity contribution in [1.82, 2.24) is 5.32 Å². The molecule has 5 nitrogen and oxygen atoms in total. The van der Waals surface area contributed by atoms with Gasteiger partial charge in [0.05, 0.1) is 7.11 Å². The monoisotopic (exact) mass is 319 g/mol. The third kappa shape index (κ3) is 4.03. The lowest BCUT2D eigenvalue weighted by Gasteiger charge is -2.36. The molecule has 1 aromatic rings. The summed E-state index contributed by atoms with van der Waals surface area (Å²) in [7, 11) is 1.34. The van der Waals surface area contributed by atoms with Crippen molar-refractivity contribution in [3.05, 3.63) is 34.9 Å². The maximum Gasteiger partial charge on any atom is 0.408 e. The van der Waals surface area contributed by atoms with Gasteiger partial charge >= 0.3 is 12.1 Å². The number of rotatable bonds is 2. The molecule has 2 rings (SSSR count). The number of carbonyl (C=O) groups is 2. The van der Waals surface area contributed by atoms with Crippen molar-refractivity contribution < 1.29 is 19.1 Å². The van der Waals surface area contributed by atoms with Gasteiger partial charge in [-0.1, -0.05) is 23.8 Å². The van der Waals surface area contributed by atoms with Gasteiger partial charge in [0.1, 0.15) is 11.1 Å². The van der Waals surface area contributed by atoms with Crippen molar-refractivity contribution >= 4 is 12.1 Å². The summed E-state index contributed by atoms with van der Waals surface area (Å²) in [5.74, 6) is -0.435. The zero-order chi connectivity index (χ0) is 17.3. The molecule has 0 bridgehead atoms. The van der Waals surface area contributed by atoms with Gasteiger partial charge in [-0.25, -0.2) is 9.59 Å². The van der Waals surface area contributed by atoms with Crippen LogP contribution in [0, 0.1) is 6.92 Å². The maximum absolute atomic E-state index is 12.4. The Bertz CT molecular complexity index is 618. The van der Waals surface area contributed by atoms with E-state index in [0.29, 0.717) is 19.3 Å². The Kier molecular flexibility index (Phi) is 4.68. The first-order chi connectivity index (χ1) is 10.6. The summed E-state index contributed by atoms with van der Waals surface area (Å²) in [6, 6.07) is 6.20. The molecular weight excluding hydrogens is 294 g/mol. The van der Waals surface area contributed by atoms with Crippen molar-refractivity contribution in [3.8, 4) is 0 Å². The third-order valence-electron chi connectivity index (χ3n) is 3.99. The molecule has 23 heavy (non-hydrogen) atoms. The molecule has 1 N–H and O–H groups in total. The summed E-state index contributed by atoms with van der Waals surface area (Å²) in [4.78, 5) is 24.6. The molecule has 1 aromatic carbocycles. The van der Waals surface area contributed by atoms with Gasteiger partial charge in [-0.05, 0) is 51.7 Å². The number of alkyl carbamates (subject to hydrolysis) is 1. The number of hydrogen-bond acceptors (Lipinski definition) is 4. The molecule has 0 spiro atoms. The molecule has 1 atom stereocenters. The molecular formula is C18H25NO4. The summed E-state index contributed by atoms with van der Waals surface area (Å²) in [6.07, 6.45) is 1.02. The lowest BCUT2D eigenvalue weighted by molar-refractivity contribution is -0.149. The second kappa shape index (κ2) is 6.22. The molecule has 126 valence electrons. The fourth-order valence-corrected chi connectivity index (χ4v) is 2.95. The summed E-state index contributed by atoms with van der Waals surface area (Å²) in [5.41, 5.74) is 1.71. The van der Waals surface area contributed by atoms with Gasteiger partial charge in [-0.3, -0.25) is 0 Å². The van der Waals surface area contributed by atoms with Crippen molar-refractivity contribution in [2.75, 3.05) is 7.11 Å². The van der Waals surface area contributed by atoms with Crippen molar-refractivity contribution in [2.24, 2.45) is 0 Å². The lowest BCUT2D eigenvalue weighted by Crippen LogP contribution is -2.59. The molecule has 0 aliphatic heterocycles. The summed E-state index contributed by atoms with van der Waals surface area (Å²) < 4.78 is 10.3. The first kappa shape index (κ1) is 17.3. The van der Waals surface area contributed by atoms with Crippen molar-refractivity contribution in [2.45, 2.75) is 58.1 Å². The van der Waals surface area contributed by atoms with E-state index >= 15 is 0 Å². The van der Waals surface area contributed by atoms with Gasteiger partial charge in [-0.2, -0.15) is 0 Å². The highest BCUT2D eigenvalue weighted by molar-refractivity contribution is 5.86. The quantitative estimate of drug-likeness (QED) is 0.851. The highest BCUT2D eigenvalue weighted by Crippen LogP contribution is 2.31. The van der Waals surface area contributed by atoms with Crippen LogP contribution >= 0.6 is 0 Å². The topological polar surface area (TPSA) is 64.6 Å². The van der Waals surface area contributed by atoms with E-state index in [9.17, 15) is 9.59 Å². The number of methoxy groups -OCH3 is 1. The van der Waals surface area contributed by atoms with Crippen LogP contribution in [0.3, 0.4) is 0 Å². The van der Waals surface area contributed by atoms with Gasteiger partial charge in [0, 0.05) is 6.42 Å². The minimum absolute atomic E-state index is 0.413. The fraction of sp³-hybridized carbons (Fsp3) is 0.556. The van der Waals surface area contributed by atoms with E-state index in [0.717, 1.165) is 11.1 Å². The number of esters is 1. The highest BCUT2D eigenvalue weighted by atomic mass is 16.6. The van der Waals surface area contributed by atoms with Crippen LogP contribution in [0.1, 0.15) is 43.9 Å². The molecule has 5 heteroatoms. The smallest absolute Gasteiger partial charge is 0.408 e.